The summed E-state index contributed by atoms with van der Waals surface area (Å²) in [5, 5.41) is 0. The van der Waals surface area contributed by atoms with E-state index in [1.165, 1.54) is 25.7 Å². The number of rotatable bonds is 6. The highest BCUT2D eigenvalue weighted by atomic mass is 32.2. The number of carbonyl (C=O) groups is 1. The van der Waals surface area contributed by atoms with E-state index >= 15 is 0 Å². The van der Waals surface area contributed by atoms with Gasteiger partial charge in [0.2, 0.25) is 0 Å². The minimum absolute atomic E-state index is 0.225. The fraction of sp³-hybridized carbons (Fsp3) is 0.909. The van der Waals surface area contributed by atoms with Crippen molar-refractivity contribution in [3.05, 3.63) is 0 Å². The zero-order valence-corrected chi connectivity index (χ0v) is 10.2. The molecule has 0 aromatic heterocycles. The van der Waals surface area contributed by atoms with Gasteiger partial charge >= 0.3 is 5.97 Å². The van der Waals surface area contributed by atoms with Crippen LogP contribution in [0.15, 0.2) is 0 Å². The molecule has 0 N–H and O–H groups in total. The van der Waals surface area contributed by atoms with Crippen molar-refractivity contribution in [1.29, 1.82) is 0 Å². The maximum absolute atomic E-state index is 11.6. The van der Waals surface area contributed by atoms with Crippen molar-refractivity contribution in [3.63, 3.8) is 0 Å². The van der Waals surface area contributed by atoms with Crippen LogP contribution in [0.4, 0.5) is 0 Å². The normalized spacial score (nSPS) is 19.0. The molecule has 0 aliphatic heterocycles. The molecule has 15 heavy (non-hydrogen) atoms. The maximum atomic E-state index is 11.6. The van der Waals surface area contributed by atoms with E-state index in [9.17, 15) is 9.00 Å². The average Bonchev–Trinajstić information content (AvgIpc) is 2.68. The lowest BCUT2D eigenvalue weighted by Gasteiger charge is -2.07. The van der Waals surface area contributed by atoms with Crippen molar-refractivity contribution < 1.29 is 13.7 Å². The molecule has 0 heterocycles. The van der Waals surface area contributed by atoms with E-state index in [-0.39, 0.29) is 5.97 Å². The summed E-state index contributed by atoms with van der Waals surface area (Å²) in [6, 6.07) is 0. The van der Waals surface area contributed by atoms with Crippen LogP contribution >= 0.6 is 0 Å². The Morgan fingerprint density at radius 3 is 2.67 bits per heavy atom. The molecular formula is C11H20O3S. The van der Waals surface area contributed by atoms with E-state index < -0.39 is 10.8 Å². The Hall–Kier alpha value is -0.380. The first-order chi connectivity index (χ1) is 7.22. The van der Waals surface area contributed by atoms with E-state index in [4.69, 9.17) is 4.74 Å². The fourth-order valence-electron chi connectivity index (χ4n) is 1.95. The molecule has 1 fully saturated rings. The lowest BCUT2D eigenvalue weighted by Crippen LogP contribution is -2.14. The molecule has 1 saturated carbocycles. The van der Waals surface area contributed by atoms with Gasteiger partial charge < -0.3 is 4.74 Å². The first-order valence-corrected chi connectivity index (χ1v) is 7.21. The summed E-state index contributed by atoms with van der Waals surface area (Å²) in [5.74, 6) is 1.65. The average molecular weight is 232 g/mol. The Bertz CT molecular complexity index is 222. The topological polar surface area (TPSA) is 43.4 Å². The van der Waals surface area contributed by atoms with Crippen LogP contribution in [0.2, 0.25) is 0 Å². The summed E-state index contributed by atoms with van der Waals surface area (Å²) >= 11 is 0. The summed E-state index contributed by atoms with van der Waals surface area (Å²) in [7, 11) is -0.835. The maximum Gasteiger partial charge on any atom is 0.306 e. The standard InChI is InChI=1S/C11H20O3S/c1-2-14-11(12)7-8-15(13)9-10-5-3-4-6-10/h10H,2-9H2,1H3. The monoisotopic (exact) mass is 232 g/mol. The van der Waals surface area contributed by atoms with Crippen LogP contribution in [0.5, 0.6) is 0 Å². The van der Waals surface area contributed by atoms with E-state index in [1.807, 2.05) is 0 Å². The highest BCUT2D eigenvalue weighted by molar-refractivity contribution is 7.85. The Kier molecular flexibility index (Phi) is 5.91. The molecule has 1 atom stereocenters. The second-order valence-corrected chi connectivity index (χ2v) is 5.64. The Morgan fingerprint density at radius 2 is 2.07 bits per heavy atom. The van der Waals surface area contributed by atoms with Gasteiger partial charge in [-0.3, -0.25) is 9.00 Å². The minimum Gasteiger partial charge on any atom is -0.466 e. The molecule has 0 aromatic rings. The van der Waals surface area contributed by atoms with Gasteiger partial charge in [0.15, 0.2) is 0 Å². The number of carbonyl (C=O) groups excluding carboxylic acids is 1. The van der Waals surface area contributed by atoms with Gasteiger partial charge in [-0.1, -0.05) is 12.8 Å². The fourth-order valence-corrected chi connectivity index (χ4v) is 3.37. The Morgan fingerprint density at radius 1 is 1.40 bits per heavy atom. The highest BCUT2D eigenvalue weighted by Crippen LogP contribution is 2.25. The molecular weight excluding hydrogens is 212 g/mol. The van der Waals surface area contributed by atoms with Crippen molar-refractivity contribution >= 4 is 16.8 Å². The second kappa shape index (κ2) is 6.99. The smallest absolute Gasteiger partial charge is 0.306 e. The first kappa shape index (κ1) is 12.7. The van der Waals surface area contributed by atoms with Crippen molar-refractivity contribution in [3.8, 4) is 0 Å². The Labute approximate surface area is 94.0 Å². The van der Waals surface area contributed by atoms with Crippen LogP contribution < -0.4 is 0 Å². The van der Waals surface area contributed by atoms with Crippen molar-refractivity contribution in [2.75, 3.05) is 18.1 Å². The number of esters is 1. The third-order valence-electron chi connectivity index (χ3n) is 2.74. The van der Waals surface area contributed by atoms with Crippen LogP contribution in [-0.4, -0.2) is 28.3 Å². The third-order valence-corrected chi connectivity index (χ3v) is 4.24. The first-order valence-electron chi connectivity index (χ1n) is 5.73. The molecule has 1 unspecified atom stereocenters. The summed E-state index contributed by atoms with van der Waals surface area (Å²) in [4.78, 5) is 11.0. The Balaban J connectivity index is 2.10. The molecule has 4 heteroatoms. The van der Waals surface area contributed by atoms with Crippen LogP contribution in [0, 0.1) is 5.92 Å². The van der Waals surface area contributed by atoms with Gasteiger partial charge in [-0.2, -0.15) is 0 Å². The molecule has 1 rings (SSSR count). The van der Waals surface area contributed by atoms with E-state index in [0.29, 0.717) is 24.7 Å². The zero-order valence-electron chi connectivity index (χ0n) is 9.37. The molecule has 0 amide bonds. The van der Waals surface area contributed by atoms with Gasteiger partial charge in [-0.05, 0) is 25.7 Å². The SMILES string of the molecule is CCOC(=O)CCS(=O)CC1CCCC1. The molecule has 0 aromatic carbocycles. The van der Waals surface area contributed by atoms with Gasteiger partial charge in [0.1, 0.15) is 0 Å². The van der Waals surface area contributed by atoms with E-state index in [0.717, 1.165) is 5.75 Å². The van der Waals surface area contributed by atoms with Crippen molar-refractivity contribution in [2.45, 2.75) is 39.0 Å². The quantitative estimate of drug-likeness (QED) is 0.657. The zero-order chi connectivity index (χ0) is 11.1. The number of ether oxygens (including phenoxy) is 1. The van der Waals surface area contributed by atoms with Gasteiger partial charge in [0, 0.05) is 22.3 Å². The van der Waals surface area contributed by atoms with Crippen molar-refractivity contribution in [2.24, 2.45) is 5.92 Å². The lowest BCUT2D eigenvalue weighted by molar-refractivity contribution is -0.142. The number of hydrogen-bond acceptors (Lipinski definition) is 3. The summed E-state index contributed by atoms with van der Waals surface area (Å²) < 4.78 is 16.4. The number of hydrogen-bond donors (Lipinski definition) is 0. The molecule has 0 spiro atoms. The van der Waals surface area contributed by atoms with Gasteiger partial charge in [0.25, 0.3) is 0 Å². The molecule has 1 aliphatic rings. The molecule has 0 saturated heterocycles. The van der Waals surface area contributed by atoms with Crippen LogP contribution in [-0.2, 0) is 20.3 Å². The molecule has 0 radical (unpaired) electrons. The summed E-state index contributed by atoms with van der Waals surface area (Å²) in [5.41, 5.74) is 0. The van der Waals surface area contributed by atoms with Crippen LogP contribution in [0.1, 0.15) is 39.0 Å². The molecule has 3 nitrogen and oxygen atoms in total. The third kappa shape index (κ3) is 5.30. The minimum atomic E-state index is -0.835. The van der Waals surface area contributed by atoms with Crippen molar-refractivity contribution in [1.82, 2.24) is 0 Å². The molecule has 88 valence electrons. The van der Waals surface area contributed by atoms with E-state index in [1.54, 1.807) is 6.92 Å². The van der Waals surface area contributed by atoms with Gasteiger partial charge in [-0.25, -0.2) is 0 Å². The van der Waals surface area contributed by atoms with E-state index in [2.05, 4.69) is 0 Å². The molecule has 1 aliphatic carbocycles. The predicted octanol–water partition coefficient (Wildman–Crippen LogP) is 1.88. The van der Waals surface area contributed by atoms with Gasteiger partial charge in [-0.15, -0.1) is 0 Å². The highest BCUT2D eigenvalue weighted by Gasteiger charge is 2.18. The van der Waals surface area contributed by atoms with Crippen LogP contribution in [0.3, 0.4) is 0 Å². The summed E-state index contributed by atoms with van der Waals surface area (Å²) in [6.07, 6.45) is 5.28. The summed E-state index contributed by atoms with van der Waals surface area (Å²) in [6.45, 7) is 2.20. The van der Waals surface area contributed by atoms with Crippen LogP contribution in [0.25, 0.3) is 0 Å². The largest absolute Gasteiger partial charge is 0.466 e. The van der Waals surface area contributed by atoms with Gasteiger partial charge in [0.05, 0.1) is 13.0 Å². The predicted molar refractivity (Wildman–Crippen MR) is 61.1 cm³/mol. The lowest BCUT2D eigenvalue weighted by atomic mass is 10.1. The molecule has 0 bridgehead atoms. The second-order valence-electron chi connectivity index (χ2n) is 4.02.